The number of anilines is 1. The summed E-state index contributed by atoms with van der Waals surface area (Å²) in [6.07, 6.45) is 2.17. The number of para-hydroxylation sites is 1. The number of nitrogens with one attached hydrogen (secondary N) is 2. The second-order valence-electron chi connectivity index (χ2n) is 4.39. The first-order valence-electron chi connectivity index (χ1n) is 6.43. The molecule has 2 aromatic heterocycles. The summed E-state index contributed by atoms with van der Waals surface area (Å²) in [5.74, 6) is -0.485. The summed E-state index contributed by atoms with van der Waals surface area (Å²) in [7, 11) is 0. The number of amides is 1. The molecule has 0 radical (unpaired) electrons. The Bertz CT molecular complexity index is 869. The van der Waals surface area contributed by atoms with Crippen LogP contribution in [0.2, 0.25) is 0 Å². The van der Waals surface area contributed by atoms with E-state index in [0.717, 1.165) is 11.4 Å². The fraction of sp³-hybridized carbons (Fsp3) is 0.143. The predicted molar refractivity (Wildman–Crippen MR) is 81.8 cm³/mol. The SMILES string of the molecule is CCc1nnc(NC(=O)c2c[nH]c3ccccc3c2=O)s1. The number of aromatic amines is 1. The van der Waals surface area contributed by atoms with E-state index in [2.05, 4.69) is 20.5 Å². The third-order valence-electron chi connectivity index (χ3n) is 3.02. The minimum absolute atomic E-state index is 0.0574. The molecule has 0 aliphatic rings. The van der Waals surface area contributed by atoms with E-state index < -0.39 is 5.91 Å². The third-order valence-corrected chi connectivity index (χ3v) is 4.01. The van der Waals surface area contributed by atoms with Crippen molar-refractivity contribution < 1.29 is 4.79 Å². The maximum Gasteiger partial charge on any atom is 0.262 e. The maximum atomic E-state index is 12.3. The van der Waals surface area contributed by atoms with Gasteiger partial charge in [-0.1, -0.05) is 30.4 Å². The first-order chi connectivity index (χ1) is 10.2. The van der Waals surface area contributed by atoms with Crippen LogP contribution in [0.25, 0.3) is 10.9 Å². The van der Waals surface area contributed by atoms with Crippen LogP contribution >= 0.6 is 11.3 Å². The number of benzene rings is 1. The Kier molecular flexibility index (Phi) is 3.49. The number of hydrogen-bond acceptors (Lipinski definition) is 5. The highest BCUT2D eigenvalue weighted by molar-refractivity contribution is 7.15. The van der Waals surface area contributed by atoms with E-state index in [9.17, 15) is 9.59 Å². The number of pyridine rings is 1. The number of aryl methyl sites for hydroxylation is 1. The molecule has 0 unspecified atom stereocenters. The van der Waals surface area contributed by atoms with Gasteiger partial charge < -0.3 is 4.98 Å². The molecule has 7 heteroatoms. The van der Waals surface area contributed by atoms with Crippen LogP contribution in [0.1, 0.15) is 22.3 Å². The second kappa shape index (κ2) is 5.45. The van der Waals surface area contributed by atoms with Crippen LogP contribution < -0.4 is 10.7 Å². The van der Waals surface area contributed by atoms with E-state index in [-0.39, 0.29) is 11.0 Å². The zero-order valence-electron chi connectivity index (χ0n) is 11.2. The van der Waals surface area contributed by atoms with Gasteiger partial charge in [0.2, 0.25) is 10.6 Å². The van der Waals surface area contributed by atoms with Crippen LogP contribution in [0.4, 0.5) is 5.13 Å². The van der Waals surface area contributed by atoms with Gasteiger partial charge in [0.05, 0.1) is 0 Å². The molecule has 21 heavy (non-hydrogen) atoms. The summed E-state index contributed by atoms with van der Waals surface area (Å²) >= 11 is 1.30. The summed E-state index contributed by atoms with van der Waals surface area (Å²) in [6.45, 7) is 1.96. The molecule has 2 heterocycles. The summed E-state index contributed by atoms with van der Waals surface area (Å²) in [6, 6.07) is 7.06. The molecule has 0 saturated carbocycles. The number of aromatic nitrogens is 3. The van der Waals surface area contributed by atoms with Gasteiger partial charge in [0.15, 0.2) is 0 Å². The predicted octanol–water partition coefficient (Wildman–Crippen LogP) is 2.19. The minimum atomic E-state index is -0.485. The number of hydrogen-bond donors (Lipinski definition) is 2. The smallest absolute Gasteiger partial charge is 0.262 e. The number of fused-ring (bicyclic) bond motifs is 1. The molecule has 0 atom stereocenters. The molecule has 0 fully saturated rings. The normalized spacial score (nSPS) is 10.7. The molecule has 0 saturated heterocycles. The molecule has 0 spiro atoms. The van der Waals surface area contributed by atoms with Crippen molar-refractivity contribution in [1.82, 2.24) is 15.2 Å². The topological polar surface area (TPSA) is 87.7 Å². The zero-order chi connectivity index (χ0) is 14.8. The molecule has 3 rings (SSSR count). The van der Waals surface area contributed by atoms with Crippen molar-refractivity contribution in [3.63, 3.8) is 0 Å². The van der Waals surface area contributed by atoms with Crippen LogP contribution in [0.3, 0.4) is 0 Å². The molecule has 1 amide bonds. The molecule has 1 aromatic carbocycles. The second-order valence-corrected chi connectivity index (χ2v) is 5.45. The fourth-order valence-corrected chi connectivity index (χ4v) is 2.62. The number of carbonyl (C=O) groups excluding carboxylic acids is 1. The molecule has 106 valence electrons. The number of carbonyl (C=O) groups is 1. The Balaban J connectivity index is 1.94. The Morgan fingerprint density at radius 2 is 2.14 bits per heavy atom. The van der Waals surface area contributed by atoms with Crippen LogP contribution in [-0.4, -0.2) is 21.1 Å². The standard InChI is InChI=1S/C14H12N4O2S/c1-2-11-17-18-14(21-11)16-13(20)9-7-15-10-6-4-3-5-8(10)12(9)19/h3-7H,2H2,1H3,(H,15,19)(H,16,18,20). The Labute approximate surface area is 123 Å². The summed E-state index contributed by atoms with van der Waals surface area (Å²) in [5.41, 5.74) is 0.451. The van der Waals surface area contributed by atoms with E-state index in [1.807, 2.05) is 13.0 Å². The van der Waals surface area contributed by atoms with Gasteiger partial charge in [-0.05, 0) is 18.6 Å². The molecule has 0 aliphatic carbocycles. The van der Waals surface area contributed by atoms with Crippen molar-refractivity contribution in [3.05, 3.63) is 51.3 Å². The van der Waals surface area contributed by atoms with E-state index in [4.69, 9.17) is 0 Å². The Hall–Kier alpha value is -2.54. The van der Waals surface area contributed by atoms with Crippen molar-refractivity contribution in [2.24, 2.45) is 0 Å². The highest BCUT2D eigenvalue weighted by Gasteiger charge is 2.14. The molecule has 6 nitrogen and oxygen atoms in total. The van der Waals surface area contributed by atoms with Crippen molar-refractivity contribution in [2.45, 2.75) is 13.3 Å². The average Bonchev–Trinajstić information content (AvgIpc) is 2.95. The van der Waals surface area contributed by atoms with Gasteiger partial charge in [0, 0.05) is 17.1 Å². The monoisotopic (exact) mass is 300 g/mol. The maximum absolute atomic E-state index is 12.3. The van der Waals surface area contributed by atoms with Gasteiger partial charge in [-0.15, -0.1) is 10.2 Å². The third kappa shape index (κ3) is 2.55. The van der Waals surface area contributed by atoms with Crippen LogP contribution in [0.5, 0.6) is 0 Å². The lowest BCUT2D eigenvalue weighted by Crippen LogP contribution is -2.21. The molecule has 0 aliphatic heterocycles. The lowest BCUT2D eigenvalue weighted by atomic mass is 10.1. The fourth-order valence-electron chi connectivity index (χ4n) is 1.95. The summed E-state index contributed by atoms with van der Waals surface area (Å²) in [4.78, 5) is 27.4. The minimum Gasteiger partial charge on any atom is -0.360 e. The Morgan fingerprint density at radius 3 is 2.90 bits per heavy atom. The summed E-state index contributed by atoms with van der Waals surface area (Å²) < 4.78 is 0. The first-order valence-corrected chi connectivity index (χ1v) is 7.25. The highest BCUT2D eigenvalue weighted by Crippen LogP contribution is 2.16. The number of H-pyrrole nitrogens is 1. The molecule has 2 N–H and O–H groups in total. The molecule has 3 aromatic rings. The summed E-state index contributed by atoms with van der Waals surface area (Å²) in [5, 5.41) is 12.1. The van der Waals surface area contributed by atoms with Crippen molar-refractivity contribution in [3.8, 4) is 0 Å². The number of rotatable bonds is 3. The lowest BCUT2D eigenvalue weighted by molar-refractivity contribution is 0.102. The van der Waals surface area contributed by atoms with E-state index >= 15 is 0 Å². The van der Waals surface area contributed by atoms with Gasteiger partial charge in [0.1, 0.15) is 10.6 Å². The molecular weight excluding hydrogens is 288 g/mol. The van der Waals surface area contributed by atoms with Crippen molar-refractivity contribution >= 4 is 33.3 Å². The first kappa shape index (κ1) is 13.4. The number of nitrogens with zero attached hydrogens (tertiary/aromatic N) is 2. The van der Waals surface area contributed by atoms with Crippen LogP contribution in [0.15, 0.2) is 35.3 Å². The van der Waals surface area contributed by atoms with Crippen LogP contribution in [-0.2, 0) is 6.42 Å². The zero-order valence-corrected chi connectivity index (χ0v) is 12.0. The lowest BCUT2D eigenvalue weighted by Gasteiger charge is -2.02. The van der Waals surface area contributed by atoms with E-state index in [1.54, 1.807) is 18.2 Å². The van der Waals surface area contributed by atoms with Gasteiger partial charge in [-0.25, -0.2) is 0 Å². The van der Waals surface area contributed by atoms with Gasteiger partial charge >= 0.3 is 0 Å². The van der Waals surface area contributed by atoms with E-state index in [1.165, 1.54) is 17.5 Å². The van der Waals surface area contributed by atoms with Crippen LogP contribution in [0, 0.1) is 0 Å². The Morgan fingerprint density at radius 1 is 1.33 bits per heavy atom. The molecule has 0 bridgehead atoms. The van der Waals surface area contributed by atoms with E-state index in [0.29, 0.717) is 16.0 Å². The van der Waals surface area contributed by atoms with Gasteiger partial charge in [0.25, 0.3) is 5.91 Å². The quantitative estimate of drug-likeness (QED) is 0.776. The van der Waals surface area contributed by atoms with Crippen molar-refractivity contribution in [2.75, 3.05) is 5.32 Å². The largest absolute Gasteiger partial charge is 0.360 e. The van der Waals surface area contributed by atoms with Gasteiger partial charge in [-0.3, -0.25) is 14.9 Å². The highest BCUT2D eigenvalue weighted by atomic mass is 32.1. The molecular formula is C14H12N4O2S. The average molecular weight is 300 g/mol. The van der Waals surface area contributed by atoms with Crippen molar-refractivity contribution in [1.29, 1.82) is 0 Å². The van der Waals surface area contributed by atoms with Gasteiger partial charge in [-0.2, -0.15) is 0 Å².